The minimum atomic E-state index is -0.432. The Labute approximate surface area is 264 Å². The lowest BCUT2D eigenvalue weighted by Crippen LogP contribution is -2.32. The van der Waals surface area contributed by atoms with Gasteiger partial charge in [-0.25, -0.2) is 9.78 Å². The van der Waals surface area contributed by atoms with Crippen LogP contribution in [0.1, 0.15) is 99.6 Å². The first-order valence-electron chi connectivity index (χ1n) is 16.3. The van der Waals surface area contributed by atoms with Crippen LogP contribution in [0.25, 0.3) is 6.08 Å². The molecule has 0 radical (unpaired) electrons. The minimum Gasteiger partial charge on any atom is -0.445 e. The molecule has 5 rings (SSSR count). The highest BCUT2D eigenvalue weighted by Crippen LogP contribution is 2.33. The van der Waals surface area contributed by atoms with Crippen LogP contribution < -0.4 is 16.0 Å². The number of nitrogens with zero attached hydrogens (tertiary/aromatic N) is 4. The maximum Gasteiger partial charge on any atom is 0.407 e. The van der Waals surface area contributed by atoms with Gasteiger partial charge in [-0.05, 0) is 82.6 Å². The van der Waals surface area contributed by atoms with Crippen LogP contribution >= 0.6 is 0 Å². The average Bonchev–Trinajstić information content (AvgIpc) is 3.28. The summed E-state index contributed by atoms with van der Waals surface area (Å²) in [4.78, 5) is 24.8. The Hall–Kier alpha value is -3.53. The molecule has 1 aromatic carbocycles. The molecule has 9 nitrogen and oxygen atoms in total. The normalized spacial score (nSPS) is 16.8. The average molecular weight is 604 g/mol. The summed E-state index contributed by atoms with van der Waals surface area (Å²) in [6, 6.07) is 14.2. The first-order valence-corrected chi connectivity index (χ1v) is 16.3. The zero-order valence-corrected chi connectivity index (χ0v) is 27.6. The molecule has 0 spiro atoms. The van der Waals surface area contributed by atoms with Crippen LogP contribution in [0.2, 0.25) is 0 Å². The zero-order chi connectivity index (χ0) is 31.7. The number of hydrogen-bond donors (Lipinski definition) is 3. The summed E-state index contributed by atoms with van der Waals surface area (Å²) >= 11 is 0. The van der Waals surface area contributed by atoms with Gasteiger partial charge < -0.3 is 19.9 Å². The molecule has 0 saturated carbocycles. The van der Waals surface area contributed by atoms with Crippen molar-refractivity contribution in [2.24, 2.45) is 0 Å². The fourth-order valence-electron chi connectivity index (χ4n) is 5.60. The minimum absolute atomic E-state index is 0.116. The molecule has 3 heterocycles. The summed E-state index contributed by atoms with van der Waals surface area (Å²) in [5, 5.41) is 9.54. The number of aromatic nitrogens is 3. The molecule has 3 aromatic rings. The summed E-state index contributed by atoms with van der Waals surface area (Å²) in [6.07, 6.45) is 11.1. The first-order chi connectivity index (χ1) is 21.5. The molecule has 0 saturated heterocycles. The molecule has 0 fully saturated rings. The summed E-state index contributed by atoms with van der Waals surface area (Å²) in [5.41, 5.74) is 5.47. The quantitative estimate of drug-likeness (QED) is 0.247. The number of carbonyl (C=O) groups excluding carboxylic acids is 1. The van der Waals surface area contributed by atoms with E-state index < -0.39 is 6.09 Å². The number of aryl methyl sites for hydroxylation is 1. The highest BCUT2D eigenvalue weighted by atomic mass is 16.5. The number of fused-ring (bicyclic) bond motifs is 2. The van der Waals surface area contributed by atoms with Crippen molar-refractivity contribution in [3.63, 3.8) is 0 Å². The summed E-state index contributed by atoms with van der Waals surface area (Å²) < 4.78 is 7.76. The smallest absolute Gasteiger partial charge is 0.407 e. The third kappa shape index (κ3) is 9.74. The van der Waals surface area contributed by atoms with Gasteiger partial charge in [0.05, 0.1) is 35.8 Å². The molecule has 1 unspecified atom stereocenters. The SMILES string of the molecule is CC.CCNC.CCNC1CCC=Cc2nc(CN(C)[C@H]3CCCc4cccnc43)c(CNC(=O)OCc3ccccc3)n21. The van der Waals surface area contributed by atoms with E-state index in [9.17, 15) is 4.79 Å². The van der Waals surface area contributed by atoms with E-state index in [1.807, 2.05) is 63.5 Å². The van der Waals surface area contributed by atoms with Crippen LogP contribution in [0.3, 0.4) is 0 Å². The Balaban J connectivity index is 0.000000816. The van der Waals surface area contributed by atoms with Crippen molar-refractivity contribution < 1.29 is 9.53 Å². The molecule has 1 amide bonds. The predicted molar refractivity (Wildman–Crippen MR) is 179 cm³/mol. The Kier molecular flexibility index (Phi) is 15.1. The number of nitrogens with one attached hydrogen (secondary N) is 3. The fraction of sp³-hybridized carbons (Fsp3) is 0.514. The standard InChI is InChI=1S/C30H38N6O2.C3H9N.C2H6/c1-3-31-27-16-7-8-17-28-34-24(20-35(2)25-15-9-13-23-14-10-18-32-29(23)25)26(36(27)28)19-33-30(37)38-21-22-11-5-4-6-12-22;1-3-4-2;1-2/h4-6,8,10-12,14,17-18,25,27,31H,3,7,9,13,15-16,19-21H2,1-2H3,(H,33,37);4H,3H2,1-2H3;1-2H3/t25-,27?;;/m0../s1. The number of benzene rings is 1. The van der Waals surface area contributed by atoms with Crippen molar-refractivity contribution in [1.82, 2.24) is 35.4 Å². The van der Waals surface area contributed by atoms with Gasteiger partial charge in [-0.1, -0.05) is 70.2 Å². The number of amides is 1. The number of ether oxygens (including phenoxy) is 1. The van der Waals surface area contributed by atoms with Crippen LogP contribution in [0.15, 0.2) is 54.7 Å². The maximum atomic E-state index is 12.7. The van der Waals surface area contributed by atoms with E-state index >= 15 is 0 Å². The lowest BCUT2D eigenvalue weighted by atomic mass is 9.91. The second kappa shape index (κ2) is 19.0. The molecular formula is C35H53N7O2. The third-order valence-corrected chi connectivity index (χ3v) is 7.81. The van der Waals surface area contributed by atoms with Gasteiger partial charge in [0.2, 0.25) is 0 Å². The number of rotatable bonds is 10. The highest BCUT2D eigenvalue weighted by molar-refractivity contribution is 5.67. The summed E-state index contributed by atoms with van der Waals surface area (Å²) in [5.74, 6) is 0.925. The number of carbonyl (C=O) groups is 1. The van der Waals surface area contributed by atoms with Crippen LogP contribution in [-0.4, -0.2) is 52.7 Å². The van der Waals surface area contributed by atoms with Gasteiger partial charge in [0, 0.05) is 12.7 Å². The van der Waals surface area contributed by atoms with Gasteiger partial charge in [0.25, 0.3) is 0 Å². The van der Waals surface area contributed by atoms with Gasteiger partial charge in [0.1, 0.15) is 12.4 Å². The van der Waals surface area contributed by atoms with Gasteiger partial charge in [0.15, 0.2) is 0 Å². The van der Waals surface area contributed by atoms with Crippen molar-refractivity contribution in [3.05, 3.63) is 88.8 Å². The van der Waals surface area contributed by atoms with Gasteiger partial charge >= 0.3 is 6.09 Å². The molecule has 9 heteroatoms. The van der Waals surface area contributed by atoms with E-state index in [4.69, 9.17) is 14.7 Å². The molecule has 1 aliphatic heterocycles. The van der Waals surface area contributed by atoms with E-state index in [1.165, 1.54) is 11.3 Å². The van der Waals surface area contributed by atoms with Crippen LogP contribution in [0.4, 0.5) is 4.79 Å². The van der Waals surface area contributed by atoms with Crippen molar-refractivity contribution in [1.29, 1.82) is 0 Å². The second-order valence-electron chi connectivity index (χ2n) is 10.8. The molecular weight excluding hydrogens is 550 g/mol. The number of alkyl carbamates (subject to hydrolysis) is 1. The van der Waals surface area contributed by atoms with Crippen molar-refractivity contribution >= 4 is 12.2 Å². The van der Waals surface area contributed by atoms with E-state index in [0.717, 1.165) is 68.0 Å². The number of imidazole rings is 1. The molecule has 3 N–H and O–H groups in total. The lowest BCUT2D eigenvalue weighted by Gasteiger charge is -2.32. The third-order valence-electron chi connectivity index (χ3n) is 7.81. The number of hydrogen-bond acceptors (Lipinski definition) is 7. The van der Waals surface area contributed by atoms with Crippen molar-refractivity contribution in [2.75, 3.05) is 27.2 Å². The first kappa shape index (κ1) is 35.0. The molecule has 0 bridgehead atoms. The van der Waals surface area contributed by atoms with Gasteiger partial charge in [-0.15, -0.1) is 0 Å². The van der Waals surface area contributed by atoms with Crippen LogP contribution in [-0.2, 0) is 30.9 Å². The predicted octanol–water partition coefficient (Wildman–Crippen LogP) is 6.38. The lowest BCUT2D eigenvalue weighted by molar-refractivity contribution is 0.138. The summed E-state index contributed by atoms with van der Waals surface area (Å²) in [6.45, 7) is 11.4. The van der Waals surface area contributed by atoms with Gasteiger partial charge in [-0.2, -0.15) is 0 Å². The Morgan fingerprint density at radius 2 is 1.86 bits per heavy atom. The zero-order valence-electron chi connectivity index (χ0n) is 27.6. The molecule has 1 aliphatic carbocycles. The fourth-order valence-corrected chi connectivity index (χ4v) is 5.60. The number of allylic oxidation sites excluding steroid dienone is 1. The largest absolute Gasteiger partial charge is 0.445 e. The highest BCUT2D eigenvalue weighted by Gasteiger charge is 2.28. The van der Waals surface area contributed by atoms with E-state index in [1.54, 1.807) is 0 Å². The Morgan fingerprint density at radius 3 is 2.59 bits per heavy atom. The van der Waals surface area contributed by atoms with Crippen LogP contribution in [0, 0.1) is 0 Å². The summed E-state index contributed by atoms with van der Waals surface area (Å²) in [7, 11) is 4.09. The molecule has 2 aromatic heterocycles. The van der Waals surface area contributed by atoms with Crippen LogP contribution in [0.5, 0.6) is 0 Å². The van der Waals surface area contributed by atoms with Crippen molar-refractivity contribution in [2.45, 2.75) is 91.7 Å². The Bertz CT molecular complexity index is 1290. The monoisotopic (exact) mass is 603 g/mol. The molecule has 2 aliphatic rings. The van der Waals surface area contributed by atoms with E-state index in [2.05, 4.69) is 64.5 Å². The molecule has 240 valence electrons. The maximum absolute atomic E-state index is 12.7. The number of pyridine rings is 1. The van der Waals surface area contributed by atoms with Crippen molar-refractivity contribution in [3.8, 4) is 0 Å². The van der Waals surface area contributed by atoms with E-state index in [0.29, 0.717) is 13.1 Å². The molecule has 2 atom stereocenters. The molecule has 44 heavy (non-hydrogen) atoms. The second-order valence-corrected chi connectivity index (χ2v) is 10.8. The van der Waals surface area contributed by atoms with E-state index in [-0.39, 0.29) is 18.8 Å². The van der Waals surface area contributed by atoms with Gasteiger partial charge in [-0.3, -0.25) is 15.2 Å². The Morgan fingerprint density at radius 1 is 1.09 bits per heavy atom. The topological polar surface area (TPSA) is 96.3 Å².